The molecule has 0 heterocycles. The third-order valence-electron chi connectivity index (χ3n) is 3.26. The summed E-state index contributed by atoms with van der Waals surface area (Å²) in [4.78, 5) is 22.1. The van der Waals surface area contributed by atoms with E-state index in [0.29, 0.717) is 12.8 Å². The van der Waals surface area contributed by atoms with Gasteiger partial charge in [-0.3, -0.25) is 4.79 Å². The quantitative estimate of drug-likeness (QED) is 0.653. The van der Waals surface area contributed by atoms with Gasteiger partial charge in [-0.1, -0.05) is 54.6 Å². The lowest BCUT2D eigenvalue weighted by molar-refractivity contribution is -0.144. The number of esters is 1. The van der Waals surface area contributed by atoms with E-state index in [4.69, 9.17) is 0 Å². The Labute approximate surface area is 123 Å². The number of carbonyl (C=O) groups excluding carboxylic acids is 2. The fourth-order valence-corrected chi connectivity index (χ4v) is 2.13. The number of benzene rings is 2. The van der Waals surface area contributed by atoms with Crippen LogP contribution in [0.4, 0.5) is 0 Å². The third-order valence-corrected chi connectivity index (χ3v) is 3.26. The number of ether oxygens (including phenoxy) is 1. The Balaban J connectivity index is 2.11. The molecule has 0 aliphatic rings. The Hall–Kier alpha value is -2.62. The van der Waals surface area contributed by atoms with Crippen LogP contribution in [-0.2, 0) is 20.7 Å². The van der Waals surface area contributed by atoms with Gasteiger partial charge in [-0.15, -0.1) is 0 Å². The first-order valence-electron chi connectivity index (χ1n) is 6.66. The van der Waals surface area contributed by atoms with Gasteiger partial charge < -0.3 is 10.1 Å². The molecule has 21 heavy (non-hydrogen) atoms. The summed E-state index contributed by atoms with van der Waals surface area (Å²) in [7, 11) is 1.31. The lowest BCUT2D eigenvalue weighted by atomic mass is 10.0. The molecular weight excluding hydrogens is 266 g/mol. The predicted octanol–water partition coefficient (Wildman–Crippen LogP) is 2.18. The monoisotopic (exact) mass is 283 g/mol. The summed E-state index contributed by atoms with van der Waals surface area (Å²) < 4.78 is 4.67. The molecule has 4 nitrogen and oxygen atoms in total. The topological polar surface area (TPSA) is 55.4 Å². The van der Waals surface area contributed by atoms with Crippen molar-refractivity contribution in [1.82, 2.24) is 5.32 Å². The van der Waals surface area contributed by atoms with Crippen molar-refractivity contribution in [2.75, 3.05) is 7.11 Å². The van der Waals surface area contributed by atoms with E-state index in [0.717, 1.165) is 16.7 Å². The minimum Gasteiger partial charge on any atom is -0.467 e. The fourth-order valence-electron chi connectivity index (χ4n) is 2.13. The largest absolute Gasteiger partial charge is 0.467 e. The zero-order valence-electron chi connectivity index (χ0n) is 11.8. The smallest absolute Gasteiger partial charge is 0.328 e. The summed E-state index contributed by atoms with van der Waals surface area (Å²) >= 11 is 0. The van der Waals surface area contributed by atoms with Gasteiger partial charge in [0.2, 0.25) is 6.41 Å². The van der Waals surface area contributed by atoms with Crippen molar-refractivity contribution >= 4 is 12.4 Å². The van der Waals surface area contributed by atoms with Crippen LogP contribution in [0.2, 0.25) is 0 Å². The fraction of sp³-hybridized carbons (Fsp3) is 0.176. The van der Waals surface area contributed by atoms with Crippen molar-refractivity contribution in [3.05, 3.63) is 60.2 Å². The van der Waals surface area contributed by atoms with Crippen LogP contribution < -0.4 is 5.32 Å². The molecule has 108 valence electrons. The van der Waals surface area contributed by atoms with Crippen molar-refractivity contribution in [3.8, 4) is 11.1 Å². The minimum absolute atomic E-state index is 0.403. The molecule has 0 aliphatic carbocycles. The predicted molar refractivity (Wildman–Crippen MR) is 80.6 cm³/mol. The highest BCUT2D eigenvalue weighted by molar-refractivity contribution is 5.78. The van der Waals surface area contributed by atoms with Crippen LogP contribution in [0.3, 0.4) is 0 Å². The van der Waals surface area contributed by atoms with E-state index in [1.807, 2.05) is 54.6 Å². The molecule has 0 saturated heterocycles. The second kappa shape index (κ2) is 7.24. The molecule has 4 heteroatoms. The molecule has 0 bridgehead atoms. The summed E-state index contributed by atoms with van der Waals surface area (Å²) in [5.74, 6) is -0.450. The van der Waals surface area contributed by atoms with Gasteiger partial charge >= 0.3 is 5.97 Å². The van der Waals surface area contributed by atoms with Gasteiger partial charge in [-0.25, -0.2) is 4.79 Å². The van der Waals surface area contributed by atoms with Crippen LogP contribution in [0.5, 0.6) is 0 Å². The average molecular weight is 283 g/mol. The highest BCUT2D eigenvalue weighted by Crippen LogP contribution is 2.19. The molecule has 2 aromatic rings. The number of rotatable bonds is 6. The molecule has 1 N–H and O–H groups in total. The van der Waals surface area contributed by atoms with Crippen molar-refractivity contribution in [2.45, 2.75) is 12.5 Å². The zero-order chi connectivity index (χ0) is 15.1. The molecule has 0 unspecified atom stereocenters. The van der Waals surface area contributed by atoms with Crippen LogP contribution in [-0.4, -0.2) is 25.5 Å². The lowest BCUT2D eigenvalue weighted by Gasteiger charge is -2.13. The first-order valence-corrected chi connectivity index (χ1v) is 6.66. The van der Waals surface area contributed by atoms with E-state index in [9.17, 15) is 9.59 Å². The van der Waals surface area contributed by atoms with Gasteiger partial charge in [0, 0.05) is 6.42 Å². The second-order valence-electron chi connectivity index (χ2n) is 4.63. The number of hydrogen-bond acceptors (Lipinski definition) is 3. The normalized spacial score (nSPS) is 11.5. The number of hydrogen-bond donors (Lipinski definition) is 1. The van der Waals surface area contributed by atoms with E-state index in [-0.39, 0.29) is 0 Å². The summed E-state index contributed by atoms with van der Waals surface area (Å²) in [6.45, 7) is 0. The number of nitrogens with one attached hydrogen (secondary N) is 1. The van der Waals surface area contributed by atoms with Crippen molar-refractivity contribution < 1.29 is 14.3 Å². The number of methoxy groups -OCH3 is 1. The van der Waals surface area contributed by atoms with E-state index in [1.165, 1.54) is 7.11 Å². The Kier molecular flexibility index (Phi) is 5.10. The van der Waals surface area contributed by atoms with Gasteiger partial charge in [0.05, 0.1) is 7.11 Å². The third kappa shape index (κ3) is 3.92. The molecule has 0 aromatic heterocycles. The van der Waals surface area contributed by atoms with Gasteiger partial charge in [0.15, 0.2) is 0 Å². The van der Waals surface area contributed by atoms with Gasteiger partial charge in [0.25, 0.3) is 0 Å². The van der Waals surface area contributed by atoms with Crippen LogP contribution in [0, 0.1) is 0 Å². The summed E-state index contributed by atoms with van der Waals surface area (Å²) in [5, 5.41) is 2.47. The van der Waals surface area contributed by atoms with E-state index in [1.54, 1.807) is 0 Å². The van der Waals surface area contributed by atoms with Crippen molar-refractivity contribution in [3.63, 3.8) is 0 Å². The first kappa shape index (κ1) is 14.8. The van der Waals surface area contributed by atoms with Crippen LogP contribution in [0.15, 0.2) is 54.6 Å². The highest BCUT2D eigenvalue weighted by Gasteiger charge is 2.18. The maximum absolute atomic E-state index is 11.6. The van der Waals surface area contributed by atoms with Gasteiger partial charge in [-0.05, 0) is 16.7 Å². The minimum atomic E-state index is -0.657. The van der Waals surface area contributed by atoms with Crippen LogP contribution >= 0.6 is 0 Å². The molecule has 2 aromatic carbocycles. The molecule has 1 atom stereocenters. The first-order chi connectivity index (χ1) is 10.2. The van der Waals surface area contributed by atoms with Crippen LogP contribution in [0.25, 0.3) is 11.1 Å². The Morgan fingerprint density at radius 3 is 2.29 bits per heavy atom. The SMILES string of the molecule is COC(=O)[C@@H](Cc1ccc(-c2ccccc2)cc1)NC=O. The molecule has 0 aliphatic heterocycles. The van der Waals surface area contributed by atoms with E-state index in [2.05, 4.69) is 10.1 Å². The molecule has 0 spiro atoms. The maximum Gasteiger partial charge on any atom is 0.328 e. The average Bonchev–Trinajstić information content (AvgIpc) is 2.55. The van der Waals surface area contributed by atoms with E-state index >= 15 is 0 Å². The van der Waals surface area contributed by atoms with E-state index < -0.39 is 12.0 Å². The summed E-state index contributed by atoms with van der Waals surface area (Å²) in [5.41, 5.74) is 3.20. The molecule has 0 fully saturated rings. The second-order valence-corrected chi connectivity index (χ2v) is 4.63. The van der Waals surface area contributed by atoms with Gasteiger partial charge in [0.1, 0.15) is 6.04 Å². The van der Waals surface area contributed by atoms with Crippen molar-refractivity contribution in [2.24, 2.45) is 0 Å². The van der Waals surface area contributed by atoms with Crippen LogP contribution in [0.1, 0.15) is 5.56 Å². The maximum atomic E-state index is 11.6. The highest BCUT2D eigenvalue weighted by atomic mass is 16.5. The Bertz CT molecular complexity index is 593. The lowest BCUT2D eigenvalue weighted by Crippen LogP contribution is -2.38. The zero-order valence-corrected chi connectivity index (χ0v) is 11.8. The summed E-state index contributed by atoms with van der Waals surface area (Å²) in [6, 6.07) is 17.3. The Morgan fingerprint density at radius 2 is 1.71 bits per heavy atom. The van der Waals surface area contributed by atoms with Crippen molar-refractivity contribution in [1.29, 1.82) is 0 Å². The molecule has 1 amide bonds. The van der Waals surface area contributed by atoms with Gasteiger partial charge in [-0.2, -0.15) is 0 Å². The molecule has 0 radical (unpaired) electrons. The Morgan fingerprint density at radius 1 is 1.10 bits per heavy atom. The standard InChI is InChI=1S/C17H17NO3/c1-21-17(20)16(18-12-19)11-13-7-9-15(10-8-13)14-5-3-2-4-6-14/h2-10,12,16H,11H2,1H3,(H,18,19)/t16-/m1/s1. The molecular formula is C17H17NO3. The number of carbonyl (C=O) groups is 2. The number of amides is 1. The summed E-state index contributed by atoms with van der Waals surface area (Å²) in [6.07, 6.45) is 0.917. The molecule has 2 rings (SSSR count). The molecule has 0 saturated carbocycles.